The zero-order valence-corrected chi connectivity index (χ0v) is 13.5. The largest absolute Gasteiger partial charge is 0.463 e. The summed E-state index contributed by atoms with van der Waals surface area (Å²) in [6.07, 6.45) is 2.01. The van der Waals surface area contributed by atoms with Crippen molar-refractivity contribution in [3.05, 3.63) is 42.0 Å². The summed E-state index contributed by atoms with van der Waals surface area (Å²) in [6.45, 7) is 1.88. The van der Waals surface area contributed by atoms with Crippen molar-refractivity contribution in [3.8, 4) is 0 Å². The third kappa shape index (κ3) is 6.27. The van der Waals surface area contributed by atoms with E-state index >= 15 is 0 Å². The van der Waals surface area contributed by atoms with Crippen LogP contribution in [0.5, 0.6) is 0 Å². The Balaban J connectivity index is 2.66. The molecule has 23 heavy (non-hydrogen) atoms. The predicted molar refractivity (Wildman–Crippen MR) is 90.0 cm³/mol. The van der Waals surface area contributed by atoms with Crippen LogP contribution in [0.15, 0.2) is 36.4 Å². The summed E-state index contributed by atoms with van der Waals surface area (Å²) < 4.78 is 4.65. The van der Waals surface area contributed by atoms with Crippen LogP contribution in [0.4, 0.5) is 5.69 Å². The van der Waals surface area contributed by atoms with E-state index in [1.807, 2.05) is 0 Å². The number of hydrogen-bond donors (Lipinski definition) is 3. The van der Waals surface area contributed by atoms with E-state index in [0.29, 0.717) is 11.3 Å². The fourth-order valence-electron chi connectivity index (χ4n) is 1.57. The first-order valence-electron chi connectivity index (χ1n) is 6.75. The van der Waals surface area contributed by atoms with Crippen LogP contribution in [0, 0.1) is 0 Å². The molecule has 0 atom stereocenters. The highest BCUT2D eigenvalue weighted by Gasteiger charge is 2.10. The van der Waals surface area contributed by atoms with Crippen LogP contribution < -0.4 is 16.0 Å². The van der Waals surface area contributed by atoms with Gasteiger partial charge in [-0.05, 0) is 31.3 Å². The summed E-state index contributed by atoms with van der Waals surface area (Å²) in [5.74, 6) is -1.50. The first-order chi connectivity index (χ1) is 11.0. The molecule has 7 nitrogen and oxygen atoms in total. The molecule has 8 heteroatoms. The predicted octanol–water partition coefficient (Wildman–Crippen LogP) is 0.979. The van der Waals surface area contributed by atoms with Gasteiger partial charge in [0.05, 0.1) is 17.9 Å². The molecule has 0 aliphatic heterocycles. The summed E-state index contributed by atoms with van der Waals surface area (Å²) in [4.78, 5) is 34.4. The minimum atomic E-state index is -0.619. The molecular weight excluding hydrogens is 318 g/mol. The van der Waals surface area contributed by atoms with E-state index in [0.717, 1.165) is 12.2 Å². The maximum atomic E-state index is 11.7. The Morgan fingerprint density at radius 3 is 2.57 bits per heavy atom. The Kier molecular flexibility index (Phi) is 7.41. The fourth-order valence-corrected chi connectivity index (χ4v) is 1.78. The average molecular weight is 335 g/mol. The molecule has 0 aromatic heterocycles. The number of amides is 2. The van der Waals surface area contributed by atoms with Crippen LogP contribution in [0.2, 0.25) is 0 Å². The molecule has 0 spiro atoms. The molecule has 122 valence electrons. The number of hydrogen-bond acceptors (Lipinski definition) is 5. The van der Waals surface area contributed by atoms with Crippen molar-refractivity contribution in [2.24, 2.45) is 0 Å². The Labute approximate surface area is 139 Å². The van der Waals surface area contributed by atoms with E-state index < -0.39 is 11.9 Å². The third-order valence-electron chi connectivity index (χ3n) is 2.54. The second-order valence-electron chi connectivity index (χ2n) is 4.15. The van der Waals surface area contributed by atoms with Crippen molar-refractivity contribution in [2.75, 3.05) is 19.0 Å². The molecule has 1 aromatic rings. The van der Waals surface area contributed by atoms with Gasteiger partial charge in [0.15, 0.2) is 5.11 Å². The van der Waals surface area contributed by atoms with Crippen LogP contribution in [0.1, 0.15) is 17.3 Å². The molecule has 1 rings (SSSR count). The van der Waals surface area contributed by atoms with Gasteiger partial charge in [0.2, 0.25) is 5.91 Å². The summed E-state index contributed by atoms with van der Waals surface area (Å²) in [7, 11) is 1.51. The molecule has 0 saturated carbocycles. The topological polar surface area (TPSA) is 96.5 Å². The number of carbonyl (C=O) groups excluding carboxylic acids is 3. The van der Waals surface area contributed by atoms with Crippen LogP contribution in [0.25, 0.3) is 0 Å². The summed E-state index contributed by atoms with van der Waals surface area (Å²) >= 11 is 5.00. The van der Waals surface area contributed by atoms with Crippen molar-refractivity contribution in [3.63, 3.8) is 0 Å². The number of rotatable bonds is 5. The summed E-state index contributed by atoms with van der Waals surface area (Å²) in [5, 5.41) is 7.63. The van der Waals surface area contributed by atoms with Crippen LogP contribution in [0.3, 0.4) is 0 Å². The standard InChI is InChI=1S/C15H17N3O4S/c1-3-22-13(20)9-8-12(19)18-15(23)17-11-7-5-4-6-10(11)14(21)16-2/h4-9H,3H2,1-2H3,(H,16,21)(H2,17,18,19,23)/b9-8+. The SMILES string of the molecule is CCOC(=O)/C=C/C(=O)NC(=S)Nc1ccccc1C(=O)NC. The minimum absolute atomic E-state index is 0.000128. The number of nitrogens with one attached hydrogen (secondary N) is 3. The highest BCUT2D eigenvalue weighted by Crippen LogP contribution is 2.14. The van der Waals surface area contributed by atoms with Gasteiger partial charge in [0.25, 0.3) is 5.91 Å². The molecule has 2 amide bonds. The Hall–Kier alpha value is -2.74. The van der Waals surface area contributed by atoms with Gasteiger partial charge < -0.3 is 15.4 Å². The van der Waals surface area contributed by atoms with Crippen molar-refractivity contribution in [2.45, 2.75) is 6.92 Å². The molecular formula is C15H17N3O4S. The van der Waals surface area contributed by atoms with Gasteiger partial charge in [-0.1, -0.05) is 12.1 Å². The van der Waals surface area contributed by atoms with Gasteiger partial charge in [-0.15, -0.1) is 0 Å². The number of esters is 1. The molecule has 0 unspecified atom stereocenters. The smallest absolute Gasteiger partial charge is 0.330 e. The second kappa shape index (κ2) is 9.31. The van der Waals surface area contributed by atoms with E-state index in [1.54, 1.807) is 31.2 Å². The molecule has 0 heterocycles. The minimum Gasteiger partial charge on any atom is -0.463 e. The van der Waals surface area contributed by atoms with Gasteiger partial charge in [-0.3, -0.25) is 14.9 Å². The van der Waals surface area contributed by atoms with Crippen LogP contribution in [-0.2, 0) is 14.3 Å². The van der Waals surface area contributed by atoms with E-state index in [2.05, 4.69) is 20.7 Å². The number of benzene rings is 1. The number of thiocarbonyl (C=S) groups is 1. The van der Waals surface area contributed by atoms with Gasteiger partial charge >= 0.3 is 5.97 Å². The Bertz CT molecular complexity index is 643. The zero-order chi connectivity index (χ0) is 17.2. The first-order valence-corrected chi connectivity index (χ1v) is 7.16. The summed E-state index contributed by atoms with van der Waals surface area (Å²) in [6, 6.07) is 6.70. The fraction of sp³-hybridized carbons (Fsp3) is 0.200. The highest BCUT2D eigenvalue weighted by molar-refractivity contribution is 7.80. The van der Waals surface area contributed by atoms with Crippen molar-refractivity contribution in [1.29, 1.82) is 0 Å². The maximum absolute atomic E-state index is 11.7. The number of para-hydroxylation sites is 1. The molecule has 0 aliphatic rings. The molecule has 0 fully saturated rings. The van der Waals surface area contributed by atoms with Crippen LogP contribution in [-0.4, -0.2) is 36.6 Å². The van der Waals surface area contributed by atoms with Gasteiger partial charge in [-0.25, -0.2) is 4.79 Å². The third-order valence-corrected chi connectivity index (χ3v) is 2.75. The highest BCUT2D eigenvalue weighted by atomic mass is 32.1. The van der Waals surface area contributed by atoms with E-state index in [9.17, 15) is 14.4 Å². The van der Waals surface area contributed by atoms with Crippen molar-refractivity contribution < 1.29 is 19.1 Å². The van der Waals surface area contributed by atoms with Crippen molar-refractivity contribution >= 4 is 40.8 Å². The van der Waals surface area contributed by atoms with Crippen molar-refractivity contribution in [1.82, 2.24) is 10.6 Å². The normalized spacial score (nSPS) is 10.0. The lowest BCUT2D eigenvalue weighted by atomic mass is 10.1. The Morgan fingerprint density at radius 2 is 1.91 bits per heavy atom. The number of ether oxygens (including phenoxy) is 1. The molecule has 0 bridgehead atoms. The number of anilines is 1. The Morgan fingerprint density at radius 1 is 1.22 bits per heavy atom. The van der Waals surface area contributed by atoms with E-state index in [4.69, 9.17) is 12.2 Å². The molecule has 1 aromatic carbocycles. The molecule has 0 saturated heterocycles. The quantitative estimate of drug-likeness (QED) is 0.422. The molecule has 0 aliphatic carbocycles. The van der Waals surface area contributed by atoms with Crippen LogP contribution >= 0.6 is 12.2 Å². The lowest BCUT2D eigenvalue weighted by Gasteiger charge is -2.11. The van der Waals surface area contributed by atoms with Gasteiger partial charge in [0.1, 0.15) is 0 Å². The molecule has 3 N–H and O–H groups in total. The monoisotopic (exact) mass is 335 g/mol. The summed E-state index contributed by atoms with van der Waals surface area (Å²) in [5.41, 5.74) is 0.834. The van der Waals surface area contributed by atoms with Gasteiger partial charge in [-0.2, -0.15) is 0 Å². The van der Waals surface area contributed by atoms with E-state index in [1.165, 1.54) is 7.05 Å². The van der Waals surface area contributed by atoms with Gasteiger partial charge in [0, 0.05) is 19.2 Å². The zero-order valence-electron chi connectivity index (χ0n) is 12.7. The van der Waals surface area contributed by atoms with E-state index in [-0.39, 0.29) is 17.6 Å². The lowest BCUT2D eigenvalue weighted by Crippen LogP contribution is -2.33. The second-order valence-corrected chi connectivity index (χ2v) is 4.56. The molecule has 0 radical (unpaired) electrons. The number of carbonyl (C=O) groups is 3. The first kappa shape index (κ1) is 18.3. The maximum Gasteiger partial charge on any atom is 0.330 e. The lowest BCUT2D eigenvalue weighted by molar-refractivity contribution is -0.137. The average Bonchev–Trinajstić information content (AvgIpc) is 2.53.